The topological polar surface area (TPSA) is 180 Å². The Labute approximate surface area is 330 Å². The van der Waals surface area contributed by atoms with E-state index in [2.05, 4.69) is 33.9 Å². The van der Waals surface area contributed by atoms with E-state index in [1.54, 1.807) is 7.11 Å². The molecular weight excluding hydrogens is 712 g/mol. The molecule has 13 nitrogen and oxygen atoms in total. The minimum atomic E-state index is -1.03. The molecule has 55 heavy (non-hydrogen) atoms. The first kappa shape index (κ1) is 49.5. The average molecular weight is 787 g/mol. The normalized spacial score (nSPS) is 32.8. The number of carbonyl (C=O) groups excluding carboxylic acids is 2. The number of aliphatic hydroxyl groups excluding tert-OH is 4. The molecule has 5 aliphatic heterocycles. The summed E-state index contributed by atoms with van der Waals surface area (Å²) in [5, 5.41) is 38.1. The molecule has 320 valence electrons. The fraction of sp³-hybridized carbons (Fsp3) is 0.857. The van der Waals surface area contributed by atoms with Crippen LogP contribution in [0.4, 0.5) is 0 Å². The van der Waals surface area contributed by atoms with Gasteiger partial charge in [-0.15, -0.1) is 0 Å². The van der Waals surface area contributed by atoms with Gasteiger partial charge in [-0.2, -0.15) is 0 Å². The first-order valence-electron chi connectivity index (χ1n) is 20.5. The number of hydrogen-bond donors (Lipinski definition) is 4. The Balaban J connectivity index is 0.000000584. The summed E-state index contributed by atoms with van der Waals surface area (Å²) < 4.78 is 39.8. The summed E-state index contributed by atoms with van der Waals surface area (Å²) in [6, 6.07) is 0. The Kier molecular flexibility index (Phi) is 24.4. The van der Waals surface area contributed by atoms with Crippen LogP contribution in [0.3, 0.4) is 0 Å². The number of aliphatic hydroxyl groups is 4. The first-order chi connectivity index (χ1) is 26.3. The molecule has 0 spiro atoms. The maximum atomic E-state index is 12.7. The van der Waals surface area contributed by atoms with Crippen LogP contribution in [0, 0.1) is 5.92 Å². The molecular formula is C42H74O13. The van der Waals surface area contributed by atoms with Crippen molar-refractivity contribution in [3.8, 4) is 0 Å². The van der Waals surface area contributed by atoms with E-state index in [0.29, 0.717) is 45.3 Å². The van der Waals surface area contributed by atoms with Crippen LogP contribution in [-0.4, -0.2) is 146 Å². The van der Waals surface area contributed by atoms with Gasteiger partial charge in [-0.1, -0.05) is 45.9 Å². The highest BCUT2D eigenvalue weighted by Gasteiger charge is 2.51. The number of Topliss-reactive ketones (excluding diaryl/α,β-unsaturated/α-hetero) is 2. The van der Waals surface area contributed by atoms with Gasteiger partial charge in [0, 0.05) is 52.4 Å². The van der Waals surface area contributed by atoms with E-state index in [-0.39, 0.29) is 67.8 Å². The SMILES string of the molecule is C=C1CCCOC1.C=C1C[C@H](CCC(=O)CC[C@H](O)C2O[C@H]3CC[C@H](CC(=O)C[C@H]4COC[C@@H]4OC)O[C@@H]3[C@H](O)[C@@H]2OC)O[C@H]1CC.CCC.C[C@H](O)CO. The van der Waals surface area contributed by atoms with Crippen LogP contribution in [0.25, 0.3) is 0 Å². The van der Waals surface area contributed by atoms with Crippen molar-refractivity contribution in [2.75, 3.05) is 47.3 Å². The fourth-order valence-electron chi connectivity index (χ4n) is 7.38. The van der Waals surface area contributed by atoms with Crippen LogP contribution < -0.4 is 0 Å². The summed E-state index contributed by atoms with van der Waals surface area (Å²) in [5.74, 6) is 0.197. The predicted molar refractivity (Wildman–Crippen MR) is 209 cm³/mol. The third kappa shape index (κ3) is 17.4. The molecule has 5 rings (SSSR count). The second-order valence-electron chi connectivity index (χ2n) is 15.5. The number of methoxy groups -OCH3 is 2. The van der Waals surface area contributed by atoms with Crippen LogP contribution in [-0.2, 0) is 42.7 Å². The first-order valence-corrected chi connectivity index (χ1v) is 20.5. The third-order valence-corrected chi connectivity index (χ3v) is 10.4. The largest absolute Gasteiger partial charge is 0.394 e. The molecule has 0 aromatic carbocycles. The second-order valence-corrected chi connectivity index (χ2v) is 15.5. The van der Waals surface area contributed by atoms with E-state index in [0.717, 1.165) is 31.6 Å². The summed E-state index contributed by atoms with van der Waals surface area (Å²) in [4.78, 5) is 25.3. The molecule has 5 heterocycles. The fourth-order valence-corrected chi connectivity index (χ4v) is 7.38. The summed E-state index contributed by atoms with van der Waals surface area (Å²) in [7, 11) is 3.09. The molecule has 0 amide bonds. The number of rotatable bonds is 15. The lowest BCUT2D eigenvalue weighted by atomic mass is 9.85. The summed E-state index contributed by atoms with van der Waals surface area (Å²) in [6.07, 6.45) is 3.06. The van der Waals surface area contributed by atoms with Gasteiger partial charge in [0.2, 0.25) is 0 Å². The third-order valence-electron chi connectivity index (χ3n) is 10.4. The van der Waals surface area contributed by atoms with Crippen molar-refractivity contribution in [3.63, 3.8) is 0 Å². The van der Waals surface area contributed by atoms with Crippen molar-refractivity contribution in [3.05, 3.63) is 24.3 Å². The van der Waals surface area contributed by atoms with E-state index >= 15 is 0 Å². The van der Waals surface area contributed by atoms with E-state index in [9.17, 15) is 19.8 Å². The van der Waals surface area contributed by atoms with Gasteiger partial charge < -0.3 is 53.6 Å². The van der Waals surface area contributed by atoms with E-state index in [1.807, 2.05) is 0 Å². The van der Waals surface area contributed by atoms with Crippen molar-refractivity contribution in [2.45, 2.75) is 178 Å². The Hall–Kier alpha value is -1.62. The van der Waals surface area contributed by atoms with Gasteiger partial charge in [-0.05, 0) is 63.9 Å². The zero-order valence-electron chi connectivity index (χ0n) is 34.5. The summed E-state index contributed by atoms with van der Waals surface area (Å²) in [6.45, 7) is 18.3. The molecule has 0 aliphatic carbocycles. The Morgan fingerprint density at radius 3 is 2.18 bits per heavy atom. The van der Waals surface area contributed by atoms with Crippen LogP contribution in [0.1, 0.15) is 111 Å². The molecule has 1 unspecified atom stereocenters. The molecule has 0 aromatic heterocycles. The zero-order valence-corrected chi connectivity index (χ0v) is 34.5. The molecule has 12 atom stereocenters. The number of ether oxygens (including phenoxy) is 7. The minimum absolute atomic E-state index is 0.0300. The lowest BCUT2D eigenvalue weighted by Crippen LogP contribution is -2.63. The van der Waals surface area contributed by atoms with Crippen LogP contribution >= 0.6 is 0 Å². The van der Waals surface area contributed by atoms with Crippen LogP contribution in [0.15, 0.2) is 24.3 Å². The van der Waals surface area contributed by atoms with E-state index in [4.69, 9.17) is 43.4 Å². The highest BCUT2D eigenvalue weighted by Crippen LogP contribution is 2.36. The standard InChI is InChI=1S/C30H48O10.C6H10O.C3H8O2.C3H8/c1-5-24-17(2)12-21(38-24)8-6-19(31)7-10-23(33)28-30(36-4)27(34)29-25(40-28)11-9-22(39-29)14-20(32)13-18-15-37-16-26(18)35-3;1-6-3-2-4-7-5-6;1-3(5)2-4;1-3-2/h18,21-30,33-34H,2,5-16H2,1,3-4H3;1-5H2;3-5H,2H2,1H3;3H2,1-2H3/t18-,21-,22+,23-,24-,25-,26-,27-,28?,29-,30-;;3-;/m0.0./s1. The lowest BCUT2D eigenvalue weighted by molar-refractivity contribution is -0.282. The summed E-state index contributed by atoms with van der Waals surface area (Å²) >= 11 is 0. The van der Waals surface area contributed by atoms with Gasteiger partial charge >= 0.3 is 0 Å². The van der Waals surface area contributed by atoms with Crippen LogP contribution in [0.2, 0.25) is 0 Å². The maximum absolute atomic E-state index is 12.7. The van der Waals surface area contributed by atoms with Crippen molar-refractivity contribution in [1.29, 1.82) is 0 Å². The van der Waals surface area contributed by atoms with Gasteiger partial charge in [0.15, 0.2) is 0 Å². The highest BCUT2D eigenvalue weighted by molar-refractivity contribution is 5.79. The van der Waals surface area contributed by atoms with Gasteiger partial charge in [-0.25, -0.2) is 0 Å². The van der Waals surface area contributed by atoms with Gasteiger partial charge in [0.25, 0.3) is 0 Å². The lowest BCUT2D eigenvalue weighted by Gasteiger charge is -2.48. The molecule has 5 aliphatic rings. The predicted octanol–water partition coefficient (Wildman–Crippen LogP) is 4.43. The number of carbonyl (C=O) groups is 2. The average Bonchev–Trinajstić information content (AvgIpc) is 3.78. The summed E-state index contributed by atoms with van der Waals surface area (Å²) in [5.41, 5.74) is 2.34. The Bertz CT molecular complexity index is 1110. The number of ketones is 2. The molecule has 0 bridgehead atoms. The Morgan fingerprint density at radius 1 is 0.927 bits per heavy atom. The van der Waals surface area contributed by atoms with E-state index in [1.165, 1.54) is 38.9 Å². The zero-order chi connectivity index (χ0) is 40.9. The van der Waals surface area contributed by atoms with Gasteiger partial charge in [0.1, 0.15) is 36.0 Å². The smallest absolute Gasteiger partial charge is 0.135 e. The van der Waals surface area contributed by atoms with Crippen molar-refractivity contribution in [2.24, 2.45) is 5.92 Å². The minimum Gasteiger partial charge on any atom is -0.394 e. The maximum Gasteiger partial charge on any atom is 0.135 e. The van der Waals surface area contributed by atoms with Crippen LogP contribution in [0.5, 0.6) is 0 Å². The van der Waals surface area contributed by atoms with E-state index < -0.39 is 42.7 Å². The molecule has 0 radical (unpaired) electrons. The molecule has 5 fully saturated rings. The quantitative estimate of drug-likeness (QED) is 0.172. The van der Waals surface area contributed by atoms with Crippen molar-refractivity contribution >= 4 is 11.6 Å². The molecule has 4 N–H and O–H groups in total. The molecule has 0 aromatic rings. The molecule has 5 saturated heterocycles. The van der Waals surface area contributed by atoms with Gasteiger partial charge in [0.05, 0.1) is 69.2 Å². The monoisotopic (exact) mass is 787 g/mol. The van der Waals surface area contributed by atoms with Gasteiger partial charge in [-0.3, -0.25) is 9.59 Å². The number of hydrogen-bond acceptors (Lipinski definition) is 13. The Morgan fingerprint density at radius 2 is 1.64 bits per heavy atom. The molecule has 0 saturated carbocycles. The second kappa shape index (κ2) is 27.1. The van der Waals surface area contributed by atoms with Crippen molar-refractivity contribution < 1.29 is 63.2 Å². The van der Waals surface area contributed by atoms with Crippen molar-refractivity contribution in [1.82, 2.24) is 0 Å². The number of fused-ring (bicyclic) bond motifs is 1. The molecule has 13 heteroatoms. The highest BCUT2D eigenvalue weighted by atomic mass is 16.6.